The molecule has 0 aliphatic heterocycles. The Bertz CT molecular complexity index is 875. The number of benzene rings is 1. The fraction of sp³-hybridized carbons (Fsp3) is 0.316. The average molecular weight is 373 g/mol. The van der Waals surface area contributed by atoms with Crippen molar-refractivity contribution in [1.29, 1.82) is 0 Å². The Balaban J connectivity index is 1.87. The zero-order valence-electron chi connectivity index (χ0n) is 14.5. The largest absolute Gasteiger partial charge is 0.462 e. The summed E-state index contributed by atoms with van der Waals surface area (Å²) in [6.07, 6.45) is 2.32. The Kier molecular flexibility index (Phi) is 5.71. The summed E-state index contributed by atoms with van der Waals surface area (Å²) in [5, 5.41) is 3.94. The van der Waals surface area contributed by atoms with Crippen molar-refractivity contribution in [2.45, 2.75) is 38.3 Å². The summed E-state index contributed by atoms with van der Waals surface area (Å²) in [5.41, 5.74) is 3.47. The third-order valence-corrected chi connectivity index (χ3v) is 5.78. The van der Waals surface area contributed by atoms with Crippen molar-refractivity contribution < 1.29 is 9.53 Å². The number of rotatable bonds is 6. The molecule has 4 nitrogen and oxygen atoms in total. The van der Waals surface area contributed by atoms with Crippen LogP contribution >= 0.6 is 23.1 Å². The third kappa shape index (κ3) is 4.19. The molecule has 0 radical (unpaired) electrons. The molecule has 0 aliphatic carbocycles. The maximum atomic E-state index is 12.0. The second kappa shape index (κ2) is 7.97. The molecule has 0 aliphatic rings. The molecule has 1 atom stereocenters. The van der Waals surface area contributed by atoms with Gasteiger partial charge in [-0.1, -0.05) is 48.5 Å². The van der Waals surface area contributed by atoms with Gasteiger partial charge in [0.2, 0.25) is 0 Å². The van der Waals surface area contributed by atoms with Gasteiger partial charge < -0.3 is 4.74 Å². The SMILES string of the molecule is CC[C@@H](C)OC(=O)CSc1ncnc2scc(-c3ccc(C)cc3)c12. The number of ether oxygens (including phenoxy) is 1. The number of thioether (sulfide) groups is 1. The quantitative estimate of drug-likeness (QED) is 0.342. The zero-order chi connectivity index (χ0) is 17.8. The van der Waals surface area contributed by atoms with E-state index in [1.807, 2.05) is 13.8 Å². The average Bonchev–Trinajstić information content (AvgIpc) is 3.05. The van der Waals surface area contributed by atoms with Gasteiger partial charge >= 0.3 is 5.97 Å². The monoisotopic (exact) mass is 372 g/mol. The lowest BCUT2D eigenvalue weighted by Crippen LogP contribution is -2.15. The number of aromatic nitrogens is 2. The van der Waals surface area contributed by atoms with E-state index in [2.05, 4.69) is 46.5 Å². The number of hydrogen-bond acceptors (Lipinski definition) is 6. The minimum atomic E-state index is -0.210. The number of hydrogen-bond donors (Lipinski definition) is 0. The fourth-order valence-corrected chi connectivity index (χ4v) is 4.15. The highest BCUT2D eigenvalue weighted by molar-refractivity contribution is 8.00. The van der Waals surface area contributed by atoms with Crippen molar-refractivity contribution in [2.75, 3.05) is 5.75 Å². The van der Waals surface area contributed by atoms with E-state index in [0.29, 0.717) is 0 Å². The third-order valence-electron chi connectivity index (χ3n) is 3.93. The minimum absolute atomic E-state index is 0.0530. The van der Waals surface area contributed by atoms with E-state index in [1.54, 1.807) is 17.7 Å². The summed E-state index contributed by atoms with van der Waals surface area (Å²) < 4.78 is 5.34. The summed E-state index contributed by atoms with van der Waals surface area (Å²) in [6.45, 7) is 5.97. The van der Waals surface area contributed by atoms with Gasteiger partial charge in [0.25, 0.3) is 0 Å². The van der Waals surface area contributed by atoms with Gasteiger partial charge in [-0.15, -0.1) is 11.3 Å². The summed E-state index contributed by atoms with van der Waals surface area (Å²) in [7, 11) is 0. The molecular weight excluding hydrogens is 352 g/mol. The first-order valence-corrected chi connectivity index (χ1v) is 10.1. The van der Waals surface area contributed by atoms with E-state index in [9.17, 15) is 4.79 Å². The van der Waals surface area contributed by atoms with Gasteiger partial charge in [-0.3, -0.25) is 4.79 Å². The topological polar surface area (TPSA) is 52.1 Å². The van der Waals surface area contributed by atoms with E-state index < -0.39 is 0 Å². The molecular formula is C19H20N2O2S2. The van der Waals surface area contributed by atoms with Crippen LogP contribution < -0.4 is 0 Å². The number of nitrogens with zero attached hydrogens (tertiary/aromatic N) is 2. The Morgan fingerprint density at radius 2 is 2.04 bits per heavy atom. The Morgan fingerprint density at radius 1 is 1.28 bits per heavy atom. The van der Waals surface area contributed by atoms with Crippen LogP contribution in [-0.2, 0) is 9.53 Å². The van der Waals surface area contributed by atoms with Crippen molar-refractivity contribution >= 4 is 39.3 Å². The van der Waals surface area contributed by atoms with Gasteiger partial charge in [0.1, 0.15) is 16.2 Å². The minimum Gasteiger partial charge on any atom is -0.462 e. The molecule has 2 heterocycles. The molecule has 0 spiro atoms. The highest BCUT2D eigenvalue weighted by atomic mass is 32.2. The van der Waals surface area contributed by atoms with E-state index in [0.717, 1.165) is 32.8 Å². The van der Waals surface area contributed by atoms with Crippen LogP contribution in [0.2, 0.25) is 0 Å². The van der Waals surface area contributed by atoms with Gasteiger partial charge in [-0.05, 0) is 25.8 Å². The molecule has 0 saturated carbocycles. The lowest BCUT2D eigenvalue weighted by Gasteiger charge is -2.10. The summed E-state index contributed by atoms with van der Waals surface area (Å²) in [4.78, 5) is 21.7. The van der Waals surface area contributed by atoms with Gasteiger partial charge in [0.05, 0.1) is 17.2 Å². The van der Waals surface area contributed by atoms with Crippen molar-refractivity contribution in [3.63, 3.8) is 0 Å². The maximum absolute atomic E-state index is 12.0. The highest BCUT2D eigenvalue weighted by Crippen LogP contribution is 2.37. The molecule has 6 heteroatoms. The van der Waals surface area contributed by atoms with Gasteiger partial charge in [0.15, 0.2) is 0 Å². The van der Waals surface area contributed by atoms with E-state index in [1.165, 1.54) is 17.3 Å². The summed E-state index contributed by atoms with van der Waals surface area (Å²) in [6, 6.07) is 8.41. The first kappa shape index (κ1) is 17.9. The molecule has 0 saturated heterocycles. The Hall–Kier alpha value is -1.92. The molecule has 3 rings (SSSR count). The Labute approximate surface area is 155 Å². The number of aryl methyl sites for hydroxylation is 1. The molecule has 2 aromatic heterocycles. The van der Waals surface area contributed by atoms with Crippen molar-refractivity contribution in [2.24, 2.45) is 0 Å². The maximum Gasteiger partial charge on any atom is 0.316 e. The van der Waals surface area contributed by atoms with Crippen LogP contribution in [0.3, 0.4) is 0 Å². The second-order valence-corrected chi connectivity index (χ2v) is 7.69. The number of carbonyl (C=O) groups is 1. The molecule has 0 bridgehead atoms. The predicted molar refractivity (Wildman–Crippen MR) is 104 cm³/mol. The number of carbonyl (C=O) groups excluding carboxylic acids is 1. The number of fused-ring (bicyclic) bond motifs is 1. The van der Waals surface area contributed by atoms with E-state index in [4.69, 9.17) is 4.74 Å². The predicted octanol–water partition coefficient (Wildman–Crippen LogP) is 5.10. The van der Waals surface area contributed by atoms with Crippen LogP contribution in [0.5, 0.6) is 0 Å². The standard InChI is InChI=1S/C19H20N2O2S2/c1-4-13(3)23-16(22)10-25-19-17-15(9-24-18(17)20-11-21-19)14-7-5-12(2)6-8-14/h5-9,11,13H,4,10H2,1-3H3/t13-/m1/s1. The summed E-state index contributed by atoms with van der Waals surface area (Å²) >= 11 is 3.00. The number of thiophene rings is 1. The van der Waals surface area contributed by atoms with Crippen molar-refractivity contribution in [3.8, 4) is 11.1 Å². The number of esters is 1. The van der Waals surface area contributed by atoms with Crippen LogP contribution in [0.25, 0.3) is 21.3 Å². The molecule has 25 heavy (non-hydrogen) atoms. The lowest BCUT2D eigenvalue weighted by molar-refractivity contribution is -0.144. The summed E-state index contributed by atoms with van der Waals surface area (Å²) in [5.74, 6) is 0.0397. The molecule has 0 fully saturated rings. The van der Waals surface area contributed by atoms with Crippen LogP contribution in [0.1, 0.15) is 25.8 Å². The molecule has 0 N–H and O–H groups in total. The van der Waals surface area contributed by atoms with Crippen LogP contribution in [0, 0.1) is 6.92 Å². The highest BCUT2D eigenvalue weighted by Gasteiger charge is 2.15. The normalized spacial score (nSPS) is 12.3. The smallest absolute Gasteiger partial charge is 0.316 e. The van der Waals surface area contributed by atoms with Gasteiger partial charge in [-0.25, -0.2) is 9.97 Å². The molecule has 0 amide bonds. The van der Waals surface area contributed by atoms with Crippen LogP contribution in [0.4, 0.5) is 0 Å². The fourth-order valence-electron chi connectivity index (χ4n) is 2.37. The lowest BCUT2D eigenvalue weighted by atomic mass is 10.1. The first-order chi connectivity index (χ1) is 12.1. The zero-order valence-corrected chi connectivity index (χ0v) is 16.1. The molecule has 0 unspecified atom stereocenters. The second-order valence-electron chi connectivity index (χ2n) is 5.87. The van der Waals surface area contributed by atoms with E-state index in [-0.39, 0.29) is 17.8 Å². The molecule has 130 valence electrons. The first-order valence-electron chi connectivity index (χ1n) is 8.20. The van der Waals surface area contributed by atoms with Gasteiger partial charge in [0, 0.05) is 10.9 Å². The van der Waals surface area contributed by atoms with E-state index >= 15 is 0 Å². The van der Waals surface area contributed by atoms with Crippen LogP contribution in [-0.4, -0.2) is 27.8 Å². The molecule has 3 aromatic rings. The Morgan fingerprint density at radius 3 is 2.76 bits per heavy atom. The van der Waals surface area contributed by atoms with Crippen molar-refractivity contribution in [1.82, 2.24) is 9.97 Å². The molecule has 1 aromatic carbocycles. The van der Waals surface area contributed by atoms with Crippen molar-refractivity contribution in [3.05, 3.63) is 41.5 Å². The van der Waals surface area contributed by atoms with Gasteiger partial charge in [-0.2, -0.15) is 0 Å². The van der Waals surface area contributed by atoms with Crippen LogP contribution in [0.15, 0.2) is 41.0 Å².